The Kier molecular flexibility index (Phi) is 6.79. The van der Waals surface area contributed by atoms with Crippen LogP contribution in [0.25, 0.3) is 11.1 Å². The van der Waals surface area contributed by atoms with Gasteiger partial charge in [0.25, 0.3) is 0 Å². The summed E-state index contributed by atoms with van der Waals surface area (Å²) in [6, 6.07) is 17.7. The number of carboxylic acid groups (broad SMARTS) is 1. The fourth-order valence-electron chi connectivity index (χ4n) is 3.12. The number of carbonyl (C=O) groups is 1. The molecule has 4 nitrogen and oxygen atoms in total. The second-order valence-corrected chi connectivity index (χ2v) is 7.64. The summed E-state index contributed by atoms with van der Waals surface area (Å²) in [5, 5.41) is 9.68. The van der Waals surface area contributed by atoms with Gasteiger partial charge in [0.15, 0.2) is 0 Å². The average Bonchev–Trinajstić information content (AvgIpc) is 2.71. The molecule has 0 aliphatic heterocycles. The molecule has 0 spiro atoms. The normalized spacial score (nSPS) is 10.8. The summed E-state index contributed by atoms with van der Waals surface area (Å²) in [6.07, 6.45) is 0. The number of hydrogen-bond acceptors (Lipinski definition) is 4. The lowest BCUT2D eigenvalue weighted by Crippen LogP contribution is -2.17. The molecule has 3 aromatic rings. The first-order valence-electron chi connectivity index (χ1n) is 8.99. The molecule has 0 bridgehead atoms. The number of rotatable bonds is 7. The predicted octanol–water partition coefficient (Wildman–Crippen LogP) is 6.23. The van der Waals surface area contributed by atoms with E-state index in [1.54, 1.807) is 0 Å². The van der Waals surface area contributed by atoms with E-state index in [0.717, 1.165) is 28.9 Å². The van der Waals surface area contributed by atoms with Gasteiger partial charge in [-0.2, -0.15) is 0 Å². The van der Waals surface area contributed by atoms with Gasteiger partial charge in [-0.15, -0.1) is 0 Å². The largest absolute Gasteiger partial charge is 0.478 e. The molecule has 0 amide bonds. The Morgan fingerprint density at radius 1 is 1.17 bits per heavy atom. The Balaban J connectivity index is 2.14. The Bertz CT molecular complexity index is 1030. The number of anilines is 2. The summed E-state index contributed by atoms with van der Waals surface area (Å²) in [7, 11) is 1.82. The summed E-state index contributed by atoms with van der Waals surface area (Å²) in [5.41, 5.74) is 2.75. The van der Waals surface area contributed by atoms with E-state index < -0.39 is 11.8 Å². The number of aromatic carboxylic acids is 1. The van der Waals surface area contributed by atoms with E-state index in [2.05, 4.69) is 16.5 Å². The lowest BCUT2D eigenvalue weighted by Gasteiger charge is -2.26. The zero-order valence-corrected chi connectivity index (χ0v) is 17.5. The van der Waals surface area contributed by atoms with Gasteiger partial charge in [-0.1, -0.05) is 35.9 Å². The minimum Gasteiger partial charge on any atom is -0.478 e. The first-order valence-corrected chi connectivity index (χ1v) is 10.2. The number of nitrogens with one attached hydrogen (secondary N) is 1. The number of benzene rings is 3. The molecule has 29 heavy (non-hydrogen) atoms. The van der Waals surface area contributed by atoms with Crippen LogP contribution in [0.1, 0.15) is 17.3 Å². The lowest BCUT2D eigenvalue weighted by molar-refractivity contribution is 0.0692. The highest BCUT2D eigenvalue weighted by molar-refractivity contribution is 7.97. The van der Waals surface area contributed by atoms with Gasteiger partial charge in [0.1, 0.15) is 5.82 Å². The summed E-state index contributed by atoms with van der Waals surface area (Å²) in [5.74, 6) is -2.09. The monoisotopic (exact) mass is 430 g/mol. The van der Waals surface area contributed by atoms with E-state index in [-0.39, 0.29) is 5.56 Å². The summed E-state index contributed by atoms with van der Waals surface area (Å²) in [6.45, 7) is 2.79. The van der Waals surface area contributed by atoms with Crippen LogP contribution >= 0.6 is 23.5 Å². The van der Waals surface area contributed by atoms with Crippen LogP contribution in [0, 0.1) is 5.82 Å². The van der Waals surface area contributed by atoms with Crippen molar-refractivity contribution in [2.24, 2.45) is 0 Å². The van der Waals surface area contributed by atoms with Gasteiger partial charge in [0.2, 0.25) is 0 Å². The molecule has 0 saturated carbocycles. The average molecular weight is 431 g/mol. The molecule has 3 rings (SSSR count). The van der Waals surface area contributed by atoms with E-state index in [4.69, 9.17) is 11.6 Å². The van der Waals surface area contributed by atoms with Crippen molar-refractivity contribution in [2.45, 2.75) is 11.8 Å². The first kappa shape index (κ1) is 21.2. The lowest BCUT2D eigenvalue weighted by atomic mass is 10.0. The van der Waals surface area contributed by atoms with Crippen LogP contribution in [0.4, 0.5) is 15.8 Å². The molecule has 0 heterocycles. The molecule has 0 aliphatic carbocycles. The quantitative estimate of drug-likeness (QED) is 0.435. The molecule has 0 aliphatic rings. The highest BCUT2D eigenvalue weighted by Crippen LogP contribution is 2.41. The third-order valence-corrected chi connectivity index (χ3v) is 5.51. The Hall–Kier alpha value is -2.54. The molecule has 0 fully saturated rings. The zero-order valence-electron chi connectivity index (χ0n) is 15.9. The minimum absolute atomic E-state index is 0.384. The first-order chi connectivity index (χ1) is 14.0. The van der Waals surface area contributed by atoms with E-state index in [0.29, 0.717) is 16.1 Å². The molecule has 0 aromatic heterocycles. The van der Waals surface area contributed by atoms with Crippen molar-refractivity contribution in [1.82, 2.24) is 4.72 Å². The standard InChI is InChI=1S/C22H20ClFN2O2S/c1-3-26(15-7-5-4-6-8-15)20-13-18(23)16(12-21(20)29-25-2)14-9-10-19(24)17(11-14)22(27)28/h4-13,25H,3H2,1-2H3,(H,27,28). The predicted molar refractivity (Wildman–Crippen MR) is 118 cm³/mol. The Labute approximate surface area is 178 Å². The second-order valence-electron chi connectivity index (χ2n) is 6.19. The van der Waals surface area contributed by atoms with Gasteiger partial charge >= 0.3 is 5.97 Å². The Morgan fingerprint density at radius 2 is 1.90 bits per heavy atom. The molecular formula is C22H20ClFN2O2S. The summed E-state index contributed by atoms with van der Waals surface area (Å²) >= 11 is 8.03. The molecule has 7 heteroatoms. The number of para-hydroxylation sites is 1. The van der Waals surface area contributed by atoms with Crippen LogP contribution in [0.3, 0.4) is 0 Å². The number of carboxylic acids is 1. The van der Waals surface area contributed by atoms with Crippen molar-refractivity contribution in [1.29, 1.82) is 0 Å². The van der Waals surface area contributed by atoms with E-state index >= 15 is 0 Å². The van der Waals surface area contributed by atoms with Crippen molar-refractivity contribution < 1.29 is 14.3 Å². The van der Waals surface area contributed by atoms with Crippen molar-refractivity contribution in [3.05, 3.63) is 77.1 Å². The maximum absolute atomic E-state index is 13.8. The molecule has 150 valence electrons. The number of hydrogen-bond donors (Lipinski definition) is 2. The van der Waals surface area contributed by atoms with Crippen LogP contribution < -0.4 is 9.62 Å². The highest BCUT2D eigenvalue weighted by atomic mass is 35.5. The smallest absolute Gasteiger partial charge is 0.338 e. The highest BCUT2D eigenvalue weighted by Gasteiger charge is 2.18. The fourth-order valence-corrected chi connectivity index (χ4v) is 4.06. The third kappa shape index (κ3) is 4.56. The van der Waals surface area contributed by atoms with Gasteiger partial charge < -0.3 is 10.0 Å². The molecule has 0 radical (unpaired) electrons. The van der Waals surface area contributed by atoms with Crippen molar-refractivity contribution >= 4 is 40.9 Å². The van der Waals surface area contributed by atoms with Crippen LogP contribution in [-0.4, -0.2) is 24.7 Å². The molecule has 3 aromatic carbocycles. The summed E-state index contributed by atoms with van der Waals surface area (Å²) in [4.78, 5) is 14.4. The van der Waals surface area contributed by atoms with Gasteiger partial charge in [0, 0.05) is 22.7 Å². The number of nitrogens with zero attached hydrogens (tertiary/aromatic N) is 1. The van der Waals surface area contributed by atoms with Crippen molar-refractivity contribution in [2.75, 3.05) is 18.5 Å². The molecule has 0 unspecified atom stereocenters. The topological polar surface area (TPSA) is 52.6 Å². The third-order valence-electron chi connectivity index (χ3n) is 4.44. The fraction of sp³-hybridized carbons (Fsp3) is 0.136. The number of halogens is 2. The van der Waals surface area contributed by atoms with Crippen LogP contribution in [0.5, 0.6) is 0 Å². The minimum atomic E-state index is -1.32. The zero-order chi connectivity index (χ0) is 21.0. The van der Waals surface area contributed by atoms with Crippen molar-refractivity contribution in [3.8, 4) is 11.1 Å². The van der Waals surface area contributed by atoms with Gasteiger partial charge in [-0.05, 0) is 67.9 Å². The van der Waals surface area contributed by atoms with Crippen molar-refractivity contribution in [3.63, 3.8) is 0 Å². The Morgan fingerprint density at radius 3 is 2.52 bits per heavy atom. The maximum Gasteiger partial charge on any atom is 0.338 e. The van der Waals surface area contributed by atoms with E-state index in [9.17, 15) is 14.3 Å². The van der Waals surface area contributed by atoms with Crippen LogP contribution in [0.15, 0.2) is 65.6 Å². The molecular weight excluding hydrogens is 411 g/mol. The molecule has 0 saturated heterocycles. The molecule has 0 atom stereocenters. The maximum atomic E-state index is 13.8. The SMILES string of the molecule is CCN(c1ccccc1)c1cc(Cl)c(-c2ccc(F)c(C(=O)O)c2)cc1SNC. The van der Waals surface area contributed by atoms with Crippen LogP contribution in [0.2, 0.25) is 5.02 Å². The summed E-state index contributed by atoms with van der Waals surface area (Å²) < 4.78 is 16.9. The second kappa shape index (κ2) is 9.31. The van der Waals surface area contributed by atoms with Gasteiger partial charge in [-0.3, -0.25) is 4.72 Å². The van der Waals surface area contributed by atoms with Crippen LogP contribution in [-0.2, 0) is 0 Å². The molecule has 2 N–H and O–H groups in total. The van der Waals surface area contributed by atoms with Gasteiger partial charge in [0.05, 0.1) is 16.3 Å². The van der Waals surface area contributed by atoms with E-state index in [1.165, 1.54) is 24.1 Å². The van der Waals surface area contributed by atoms with Gasteiger partial charge in [-0.25, -0.2) is 9.18 Å². The van der Waals surface area contributed by atoms with E-state index in [1.807, 2.05) is 49.5 Å².